The van der Waals surface area contributed by atoms with Crippen molar-refractivity contribution >= 4 is 11.6 Å². The number of nitrogens with zero attached hydrogens (tertiary/aromatic N) is 2. The maximum Gasteiger partial charge on any atom is 0.253 e. The molecule has 4 heteroatoms. The van der Waals surface area contributed by atoms with E-state index in [1.165, 1.54) is 0 Å². The lowest BCUT2D eigenvalue weighted by Crippen LogP contribution is -2.45. The van der Waals surface area contributed by atoms with Gasteiger partial charge >= 0.3 is 0 Å². The van der Waals surface area contributed by atoms with Gasteiger partial charge in [-0.25, -0.2) is 4.39 Å². The SMILES string of the molecule is Cc1cc(F)cc(N(C)C2CCN(C(=O)c3ccccc3)CC2)c1. The third-order valence-electron chi connectivity index (χ3n) is 4.75. The van der Waals surface area contributed by atoms with Crippen LogP contribution in [0.15, 0.2) is 48.5 Å². The van der Waals surface area contributed by atoms with Crippen LogP contribution >= 0.6 is 0 Å². The van der Waals surface area contributed by atoms with E-state index in [4.69, 9.17) is 0 Å². The van der Waals surface area contributed by atoms with Gasteiger partial charge in [-0.05, 0) is 55.7 Å². The summed E-state index contributed by atoms with van der Waals surface area (Å²) in [6.45, 7) is 3.37. The summed E-state index contributed by atoms with van der Waals surface area (Å²) in [5, 5.41) is 0. The summed E-state index contributed by atoms with van der Waals surface area (Å²) >= 11 is 0. The van der Waals surface area contributed by atoms with E-state index in [0.29, 0.717) is 6.04 Å². The molecule has 0 aliphatic carbocycles. The molecule has 0 radical (unpaired) electrons. The van der Waals surface area contributed by atoms with Gasteiger partial charge in [-0.2, -0.15) is 0 Å². The van der Waals surface area contributed by atoms with Crippen molar-refractivity contribution in [3.05, 3.63) is 65.5 Å². The van der Waals surface area contributed by atoms with Crippen LogP contribution in [0.3, 0.4) is 0 Å². The fourth-order valence-corrected chi connectivity index (χ4v) is 3.35. The molecule has 2 aromatic carbocycles. The second kappa shape index (κ2) is 7.04. The van der Waals surface area contributed by atoms with Crippen molar-refractivity contribution in [3.63, 3.8) is 0 Å². The van der Waals surface area contributed by atoms with Gasteiger partial charge in [0, 0.05) is 37.4 Å². The average molecular weight is 326 g/mol. The first kappa shape index (κ1) is 16.5. The molecule has 3 nitrogen and oxygen atoms in total. The maximum absolute atomic E-state index is 13.6. The number of hydrogen-bond donors (Lipinski definition) is 0. The minimum absolute atomic E-state index is 0.0957. The van der Waals surface area contributed by atoms with Crippen molar-refractivity contribution in [3.8, 4) is 0 Å². The lowest BCUT2D eigenvalue weighted by atomic mass is 10.0. The number of carbonyl (C=O) groups excluding carboxylic acids is 1. The Balaban J connectivity index is 1.63. The third-order valence-corrected chi connectivity index (χ3v) is 4.75. The normalized spacial score (nSPS) is 15.4. The Morgan fingerprint density at radius 2 is 1.79 bits per heavy atom. The Morgan fingerprint density at radius 1 is 1.12 bits per heavy atom. The van der Waals surface area contributed by atoms with Gasteiger partial charge < -0.3 is 9.80 Å². The first-order chi connectivity index (χ1) is 11.5. The van der Waals surface area contributed by atoms with Gasteiger partial charge in [-0.3, -0.25) is 4.79 Å². The molecule has 3 rings (SSSR count). The Bertz CT molecular complexity index is 689. The van der Waals surface area contributed by atoms with Gasteiger partial charge in [0.05, 0.1) is 0 Å². The van der Waals surface area contributed by atoms with E-state index in [9.17, 15) is 9.18 Å². The van der Waals surface area contributed by atoms with E-state index in [2.05, 4.69) is 4.90 Å². The van der Waals surface area contributed by atoms with Crippen LogP contribution in [-0.4, -0.2) is 37.0 Å². The molecule has 1 amide bonds. The van der Waals surface area contributed by atoms with Gasteiger partial charge in [-0.15, -0.1) is 0 Å². The summed E-state index contributed by atoms with van der Waals surface area (Å²) in [4.78, 5) is 16.6. The van der Waals surface area contributed by atoms with Crippen molar-refractivity contribution in [2.45, 2.75) is 25.8 Å². The van der Waals surface area contributed by atoms with Crippen molar-refractivity contribution in [1.29, 1.82) is 0 Å². The number of benzene rings is 2. The molecular formula is C20H23FN2O. The van der Waals surface area contributed by atoms with Crippen LogP contribution in [0.25, 0.3) is 0 Å². The predicted molar refractivity (Wildman–Crippen MR) is 94.9 cm³/mol. The monoisotopic (exact) mass is 326 g/mol. The summed E-state index contributed by atoms with van der Waals surface area (Å²) in [5.74, 6) is -0.105. The first-order valence-electron chi connectivity index (χ1n) is 8.39. The molecule has 0 atom stereocenters. The fraction of sp³-hybridized carbons (Fsp3) is 0.350. The Hall–Kier alpha value is -2.36. The highest BCUT2D eigenvalue weighted by Gasteiger charge is 2.26. The molecule has 1 saturated heterocycles. The van der Waals surface area contributed by atoms with Crippen molar-refractivity contribution in [2.75, 3.05) is 25.0 Å². The second-order valence-corrected chi connectivity index (χ2v) is 6.49. The molecule has 2 aromatic rings. The summed E-state index contributed by atoms with van der Waals surface area (Å²) in [7, 11) is 2.01. The molecule has 0 bridgehead atoms. The zero-order chi connectivity index (χ0) is 17.1. The third kappa shape index (κ3) is 3.58. The first-order valence-corrected chi connectivity index (χ1v) is 8.39. The number of amides is 1. The standard InChI is InChI=1S/C20H23FN2O/c1-15-12-17(21)14-19(13-15)22(2)18-8-10-23(11-9-18)20(24)16-6-4-3-5-7-16/h3-7,12-14,18H,8-11H2,1-2H3. The second-order valence-electron chi connectivity index (χ2n) is 6.49. The number of likely N-dealkylation sites (tertiary alicyclic amines) is 1. The lowest BCUT2D eigenvalue weighted by molar-refractivity contribution is 0.0713. The molecule has 0 N–H and O–H groups in total. The van der Waals surface area contributed by atoms with Crippen molar-refractivity contribution < 1.29 is 9.18 Å². The van der Waals surface area contributed by atoms with Crippen molar-refractivity contribution in [1.82, 2.24) is 4.90 Å². The van der Waals surface area contributed by atoms with Gasteiger partial charge in [-0.1, -0.05) is 18.2 Å². The number of rotatable bonds is 3. The quantitative estimate of drug-likeness (QED) is 0.855. The van der Waals surface area contributed by atoms with Crippen LogP contribution in [0.4, 0.5) is 10.1 Å². The molecule has 0 unspecified atom stereocenters. The molecule has 0 spiro atoms. The molecule has 1 aliphatic heterocycles. The van der Waals surface area contributed by atoms with E-state index >= 15 is 0 Å². The summed E-state index contributed by atoms with van der Waals surface area (Å²) in [6, 6.07) is 14.9. The number of halogens is 1. The van der Waals surface area contributed by atoms with E-state index < -0.39 is 0 Å². The van der Waals surface area contributed by atoms with Crippen LogP contribution in [0, 0.1) is 12.7 Å². The Kier molecular flexibility index (Phi) is 4.84. The molecule has 1 fully saturated rings. The minimum Gasteiger partial charge on any atom is -0.371 e. The molecule has 0 saturated carbocycles. The van der Waals surface area contributed by atoms with E-state index in [1.54, 1.807) is 12.1 Å². The van der Waals surface area contributed by atoms with Gasteiger partial charge in [0.2, 0.25) is 0 Å². The van der Waals surface area contributed by atoms with Crippen LogP contribution in [0.1, 0.15) is 28.8 Å². The maximum atomic E-state index is 13.6. The van der Waals surface area contributed by atoms with Crippen LogP contribution in [0.2, 0.25) is 0 Å². The summed E-state index contributed by atoms with van der Waals surface area (Å²) in [5.41, 5.74) is 2.57. The van der Waals surface area contributed by atoms with E-state index in [1.807, 2.05) is 55.3 Å². The highest BCUT2D eigenvalue weighted by atomic mass is 19.1. The largest absolute Gasteiger partial charge is 0.371 e. The molecule has 1 aliphatic rings. The topological polar surface area (TPSA) is 23.6 Å². The Labute approximate surface area is 142 Å². The summed E-state index contributed by atoms with van der Waals surface area (Å²) in [6.07, 6.45) is 1.79. The smallest absolute Gasteiger partial charge is 0.253 e. The molecule has 0 aromatic heterocycles. The number of aryl methyl sites for hydroxylation is 1. The minimum atomic E-state index is -0.200. The Morgan fingerprint density at radius 3 is 2.42 bits per heavy atom. The average Bonchev–Trinajstić information content (AvgIpc) is 2.60. The van der Waals surface area contributed by atoms with Gasteiger partial charge in [0.25, 0.3) is 5.91 Å². The zero-order valence-corrected chi connectivity index (χ0v) is 14.2. The highest BCUT2D eigenvalue weighted by molar-refractivity contribution is 5.94. The van der Waals surface area contributed by atoms with Crippen LogP contribution in [-0.2, 0) is 0 Å². The molecular weight excluding hydrogens is 303 g/mol. The number of anilines is 1. The number of hydrogen-bond acceptors (Lipinski definition) is 2. The zero-order valence-electron chi connectivity index (χ0n) is 14.2. The molecule has 24 heavy (non-hydrogen) atoms. The summed E-state index contributed by atoms with van der Waals surface area (Å²) < 4.78 is 13.6. The van der Waals surface area contributed by atoms with Crippen LogP contribution in [0.5, 0.6) is 0 Å². The number of piperidine rings is 1. The number of carbonyl (C=O) groups is 1. The fourth-order valence-electron chi connectivity index (χ4n) is 3.35. The van der Waals surface area contributed by atoms with Crippen molar-refractivity contribution in [2.24, 2.45) is 0 Å². The highest BCUT2D eigenvalue weighted by Crippen LogP contribution is 2.24. The van der Waals surface area contributed by atoms with Gasteiger partial charge in [0.15, 0.2) is 0 Å². The molecule has 126 valence electrons. The van der Waals surface area contributed by atoms with Crippen LogP contribution < -0.4 is 4.90 Å². The molecule has 1 heterocycles. The van der Waals surface area contributed by atoms with E-state index in [-0.39, 0.29) is 11.7 Å². The predicted octanol–water partition coefficient (Wildman–Crippen LogP) is 3.88. The lowest BCUT2D eigenvalue weighted by Gasteiger charge is -2.38. The van der Waals surface area contributed by atoms with Gasteiger partial charge in [0.1, 0.15) is 5.82 Å². The van der Waals surface area contributed by atoms with E-state index in [0.717, 1.165) is 42.7 Å².